The van der Waals surface area contributed by atoms with E-state index in [0.717, 1.165) is 41.9 Å². The summed E-state index contributed by atoms with van der Waals surface area (Å²) in [7, 11) is 0. The third-order valence-corrected chi connectivity index (χ3v) is 3.64. The third-order valence-electron chi connectivity index (χ3n) is 3.64. The van der Waals surface area contributed by atoms with E-state index in [-0.39, 0.29) is 5.75 Å². The lowest BCUT2D eigenvalue weighted by atomic mass is 10.1. The van der Waals surface area contributed by atoms with Crippen molar-refractivity contribution in [3.8, 4) is 28.6 Å². The van der Waals surface area contributed by atoms with E-state index >= 15 is 0 Å². The maximum atomic E-state index is 9.74. The zero-order valence-corrected chi connectivity index (χ0v) is 14.9. The molecule has 5 heteroatoms. The van der Waals surface area contributed by atoms with Gasteiger partial charge in [0.15, 0.2) is 0 Å². The maximum absolute atomic E-state index is 9.74. The molecule has 0 aliphatic carbocycles. The second-order valence-electron chi connectivity index (χ2n) is 5.44. The fraction of sp³-hybridized carbons (Fsp3) is 0.474. The summed E-state index contributed by atoms with van der Waals surface area (Å²) in [5, 5.41) is 9.74. The molecule has 130 valence electrons. The first-order valence-electron chi connectivity index (χ1n) is 8.63. The number of phenols is 1. The van der Waals surface area contributed by atoms with Crippen LogP contribution < -0.4 is 9.47 Å². The highest BCUT2D eigenvalue weighted by atomic mass is 16.5. The first-order valence-corrected chi connectivity index (χ1v) is 8.63. The average Bonchev–Trinajstić information content (AvgIpc) is 2.60. The van der Waals surface area contributed by atoms with Crippen molar-refractivity contribution in [1.82, 2.24) is 9.97 Å². The predicted molar refractivity (Wildman–Crippen MR) is 94.8 cm³/mol. The molecule has 0 atom stereocenters. The lowest BCUT2D eigenvalue weighted by Gasteiger charge is -2.16. The van der Waals surface area contributed by atoms with E-state index in [1.54, 1.807) is 12.1 Å². The number of nitrogens with zero attached hydrogens (tertiary/aromatic N) is 2. The fourth-order valence-electron chi connectivity index (χ4n) is 2.48. The molecule has 0 bridgehead atoms. The number of aryl methyl sites for hydroxylation is 2. The van der Waals surface area contributed by atoms with Gasteiger partial charge in [-0.2, -0.15) is 0 Å². The van der Waals surface area contributed by atoms with Crippen LogP contribution in [0.15, 0.2) is 18.2 Å². The summed E-state index contributed by atoms with van der Waals surface area (Å²) in [4.78, 5) is 9.51. The van der Waals surface area contributed by atoms with Crippen molar-refractivity contribution < 1.29 is 14.6 Å². The van der Waals surface area contributed by atoms with E-state index in [4.69, 9.17) is 19.4 Å². The Hall–Kier alpha value is -2.30. The van der Waals surface area contributed by atoms with Gasteiger partial charge in [0.05, 0.1) is 24.6 Å². The second-order valence-corrected chi connectivity index (χ2v) is 5.44. The molecule has 0 saturated heterocycles. The van der Waals surface area contributed by atoms with Crippen LogP contribution in [0.1, 0.15) is 45.5 Å². The molecule has 0 fully saturated rings. The van der Waals surface area contributed by atoms with Gasteiger partial charge in [0.2, 0.25) is 5.88 Å². The molecule has 5 nitrogen and oxygen atoms in total. The Morgan fingerprint density at radius 2 is 1.71 bits per heavy atom. The van der Waals surface area contributed by atoms with Gasteiger partial charge < -0.3 is 14.6 Å². The Bertz CT molecular complexity index is 687. The molecule has 2 rings (SSSR count). The highest BCUT2D eigenvalue weighted by Gasteiger charge is 2.18. The maximum Gasteiger partial charge on any atom is 0.235 e. The van der Waals surface area contributed by atoms with E-state index in [1.807, 2.05) is 26.8 Å². The van der Waals surface area contributed by atoms with Crippen LogP contribution in [-0.2, 0) is 12.8 Å². The van der Waals surface area contributed by atoms with Crippen molar-refractivity contribution in [2.45, 2.75) is 47.0 Å². The summed E-state index contributed by atoms with van der Waals surface area (Å²) >= 11 is 0. The average molecular weight is 330 g/mol. The molecule has 0 spiro atoms. The van der Waals surface area contributed by atoms with Gasteiger partial charge in [-0.15, -0.1) is 0 Å². The van der Waals surface area contributed by atoms with Crippen molar-refractivity contribution >= 4 is 0 Å². The van der Waals surface area contributed by atoms with E-state index < -0.39 is 0 Å². The van der Waals surface area contributed by atoms with Gasteiger partial charge in [-0.1, -0.05) is 20.8 Å². The number of ether oxygens (including phenoxy) is 2. The third kappa shape index (κ3) is 3.96. The summed E-state index contributed by atoms with van der Waals surface area (Å²) in [5.74, 6) is 1.41. The molecule has 0 saturated carbocycles. The Morgan fingerprint density at radius 1 is 0.958 bits per heavy atom. The number of hydrogen-bond donors (Lipinski definition) is 1. The van der Waals surface area contributed by atoms with Crippen LogP contribution >= 0.6 is 0 Å². The number of phenolic OH excluding ortho intramolecular Hbond substituents is 1. The number of benzene rings is 1. The van der Waals surface area contributed by atoms with Gasteiger partial charge in [-0.3, -0.25) is 0 Å². The van der Waals surface area contributed by atoms with Crippen LogP contribution in [0.4, 0.5) is 0 Å². The molecular weight excluding hydrogens is 304 g/mol. The molecule has 1 heterocycles. The molecule has 0 radical (unpaired) electrons. The lowest BCUT2D eigenvalue weighted by molar-refractivity contribution is 0.299. The largest absolute Gasteiger partial charge is 0.508 e. The summed E-state index contributed by atoms with van der Waals surface area (Å²) in [5.41, 5.74) is 3.34. The minimum Gasteiger partial charge on any atom is -0.508 e. The molecular formula is C19H26N2O3. The first-order chi connectivity index (χ1) is 11.6. The number of aromatic nitrogens is 2. The number of aromatic hydroxyl groups is 1. The zero-order valence-electron chi connectivity index (χ0n) is 14.9. The molecule has 1 aromatic heterocycles. The van der Waals surface area contributed by atoms with E-state index in [9.17, 15) is 5.11 Å². The molecule has 0 unspecified atom stereocenters. The van der Waals surface area contributed by atoms with E-state index in [0.29, 0.717) is 24.8 Å². The Morgan fingerprint density at radius 3 is 2.33 bits per heavy atom. The molecule has 24 heavy (non-hydrogen) atoms. The van der Waals surface area contributed by atoms with Gasteiger partial charge in [-0.25, -0.2) is 9.97 Å². The standard InChI is InChI=1S/C19H26N2O3/c1-5-11-24-19-16(7-3)20-18(15(6-2)21-19)14-10-9-13(22)12-17(14)23-8-4/h9-10,12,22H,5-8,11H2,1-4H3. The minimum atomic E-state index is 0.173. The Labute approximate surface area is 143 Å². The van der Waals surface area contributed by atoms with Crippen LogP contribution in [0.25, 0.3) is 11.3 Å². The highest BCUT2D eigenvalue weighted by Crippen LogP contribution is 2.35. The first kappa shape index (κ1) is 18.0. The van der Waals surface area contributed by atoms with Crippen LogP contribution in [0.5, 0.6) is 17.4 Å². The predicted octanol–water partition coefficient (Wildman–Crippen LogP) is 4.16. The SMILES string of the molecule is CCCOc1nc(CC)c(-c2ccc(O)cc2OCC)nc1CC. The van der Waals surface area contributed by atoms with Crippen LogP contribution in [-0.4, -0.2) is 28.3 Å². The van der Waals surface area contributed by atoms with Gasteiger partial charge in [0.1, 0.15) is 17.2 Å². The lowest BCUT2D eigenvalue weighted by Crippen LogP contribution is -2.08. The van der Waals surface area contributed by atoms with E-state index in [2.05, 4.69) is 6.92 Å². The molecule has 1 N–H and O–H groups in total. The van der Waals surface area contributed by atoms with Crippen molar-refractivity contribution in [2.75, 3.05) is 13.2 Å². The van der Waals surface area contributed by atoms with Crippen molar-refractivity contribution in [2.24, 2.45) is 0 Å². The van der Waals surface area contributed by atoms with Crippen LogP contribution in [0.2, 0.25) is 0 Å². The Kier molecular flexibility index (Phi) is 6.41. The second kappa shape index (κ2) is 8.52. The summed E-state index contributed by atoms with van der Waals surface area (Å²) in [6.45, 7) is 9.22. The summed E-state index contributed by atoms with van der Waals surface area (Å²) < 4.78 is 11.4. The van der Waals surface area contributed by atoms with E-state index in [1.165, 1.54) is 0 Å². The summed E-state index contributed by atoms with van der Waals surface area (Å²) in [6, 6.07) is 5.09. The van der Waals surface area contributed by atoms with Gasteiger partial charge >= 0.3 is 0 Å². The molecule has 1 aromatic carbocycles. The minimum absolute atomic E-state index is 0.173. The van der Waals surface area contributed by atoms with Gasteiger partial charge in [-0.05, 0) is 38.3 Å². The fourth-order valence-corrected chi connectivity index (χ4v) is 2.48. The molecule has 0 amide bonds. The molecule has 0 aliphatic rings. The van der Waals surface area contributed by atoms with Gasteiger partial charge in [0, 0.05) is 11.6 Å². The van der Waals surface area contributed by atoms with Crippen LogP contribution in [0.3, 0.4) is 0 Å². The Balaban J connectivity index is 2.57. The molecule has 2 aromatic rings. The monoisotopic (exact) mass is 330 g/mol. The summed E-state index contributed by atoms with van der Waals surface area (Å²) in [6.07, 6.45) is 2.41. The number of rotatable bonds is 8. The topological polar surface area (TPSA) is 64.5 Å². The quantitative estimate of drug-likeness (QED) is 0.787. The van der Waals surface area contributed by atoms with Crippen LogP contribution in [0, 0.1) is 0 Å². The normalized spacial score (nSPS) is 10.7. The van der Waals surface area contributed by atoms with Crippen molar-refractivity contribution in [3.05, 3.63) is 29.6 Å². The van der Waals surface area contributed by atoms with Crippen molar-refractivity contribution in [1.29, 1.82) is 0 Å². The highest BCUT2D eigenvalue weighted by molar-refractivity contribution is 5.70. The smallest absolute Gasteiger partial charge is 0.235 e. The van der Waals surface area contributed by atoms with Crippen molar-refractivity contribution in [3.63, 3.8) is 0 Å². The van der Waals surface area contributed by atoms with Gasteiger partial charge in [0.25, 0.3) is 0 Å². The number of hydrogen-bond acceptors (Lipinski definition) is 5. The zero-order chi connectivity index (χ0) is 17.5. The molecule has 0 aliphatic heterocycles.